The number of carbonyl (C=O) groups excluding carboxylic acids is 1. The van der Waals surface area contributed by atoms with E-state index in [9.17, 15) is 4.79 Å². The topological polar surface area (TPSA) is 46.3 Å². The lowest BCUT2D eigenvalue weighted by molar-refractivity contribution is 0.0987. The lowest BCUT2D eigenvalue weighted by Crippen LogP contribution is -2.31. The van der Waals surface area contributed by atoms with Gasteiger partial charge in [-0.2, -0.15) is 0 Å². The van der Waals surface area contributed by atoms with Crippen LogP contribution in [0.2, 0.25) is 10.0 Å². The molecule has 0 fully saturated rings. The van der Waals surface area contributed by atoms with E-state index in [1.165, 1.54) is 0 Å². The summed E-state index contributed by atoms with van der Waals surface area (Å²) in [5.41, 5.74) is 7.62. The zero-order chi connectivity index (χ0) is 15.4. The summed E-state index contributed by atoms with van der Waals surface area (Å²) in [5, 5.41) is 0.888. The highest BCUT2D eigenvalue weighted by Gasteiger charge is 2.17. The second-order valence-electron chi connectivity index (χ2n) is 4.71. The molecule has 0 radical (unpaired) electrons. The van der Waals surface area contributed by atoms with Gasteiger partial charge in [0, 0.05) is 33.5 Å². The number of benzene rings is 2. The molecule has 0 aliphatic heterocycles. The molecule has 0 heterocycles. The molecule has 2 aromatic rings. The van der Waals surface area contributed by atoms with E-state index >= 15 is 0 Å². The highest BCUT2D eigenvalue weighted by molar-refractivity contribution is 6.35. The van der Waals surface area contributed by atoms with E-state index in [4.69, 9.17) is 28.9 Å². The average molecular weight is 323 g/mol. The Kier molecular flexibility index (Phi) is 5.10. The summed E-state index contributed by atoms with van der Waals surface area (Å²) < 4.78 is 0. The third-order valence-electron chi connectivity index (χ3n) is 3.01. The quantitative estimate of drug-likeness (QED) is 0.834. The van der Waals surface area contributed by atoms with Gasteiger partial charge in [0.05, 0.1) is 0 Å². The fourth-order valence-electron chi connectivity index (χ4n) is 2.06. The SMILES string of the molecule is CCCN(C(=O)c1cc(Cl)cc(Cl)c1)c1ccc(N)cc1. The van der Waals surface area contributed by atoms with Gasteiger partial charge in [0.25, 0.3) is 5.91 Å². The van der Waals surface area contributed by atoms with Crippen LogP contribution in [0.1, 0.15) is 23.7 Å². The van der Waals surface area contributed by atoms with Crippen LogP contribution in [0.4, 0.5) is 11.4 Å². The van der Waals surface area contributed by atoms with Crippen molar-refractivity contribution in [3.05, 3.63) is 58.1 Å². The predicted octanol–water partition coefficient (Wildman–Crippen LogP) is 4.63. The Bertz CT molecular complexity index is 621. The Labute approximate surface area is 134 Å². The molecular formula is C16H16Cl2N2O. The molecule has 0 bridgehead atoms. The van der Waals surface area contributed by atoms with Crippen LogP contribution in [-0.4, -0.2) is 12.5 Å². The first-order valence-corrected chi connectivity index (χ1v) is 7.40. The fraction of sp³-hybridized carbons (Fsp3) is 0.188. The van der Waals surface area contributed by atoms with E-state index in [2.05, 4.69) is 0 Å². The van der Waals surface area contributed by atoms with Gasteiger partial charge in [-0.1, -0.05) is 30.1 Å². The van der Waals surface area contributed by atoms with Crippen LogP contribution < -0.4 is 10.6 Å². The van der Waals surface area contributed by atoms with E-state index in [1.807, 2.05) is 19.1 Å². The largest absolute Gasteiger partial charge is 0.399 e. The first-order valence-electron chi connectivity index (χ1n) is 6.64. The number of nitrogen functional groups attached to an aromatic ring is 1. The van der Waals surface area contributed by atoms with Crippen LogP contribution in [0, 0.1) is 0 Å². The molecule has 21 heavy (non-hydrogen) atoms. The van der Waals surface area contributed by atoms with E-state index in [-0.39, 0.29) is 5.91 Å². The maximum Gasteiger partial charge on any atom is 0.258 e. The van der Waals surface area contributed by atoms with Crippen molar-refractivity contribution in [2.75, 3.05) is 17.2 Å². The summed E-state index contributed by atoms with van der Waals surface area (Å²) in [7, 11) is 0. The average Bonchev–Trinajstić information content (AvgIpc) is 2.44. The summed E-state index contributed by atoms with van der Waals surface area (Å²) in [5.74, 6) is -0.133. The standard InChI is InChI=1S/C16H16Cl2N2O/c1-2-7-20(15-5-3-14(19)4-6-15)16(21)11-8-12(17)10-13(18)9-11/h3-6,8-10H,2,7,19H2,1H3. The monoisotopic (exact) mass is 322 g/mol. The smallest absolute Gasteiger partial charge is 0.258 e. The first kappa shape index (κ1) is 15.7. The molecule has 1 amide bonds. The van der Waals surface area contributed by atoms with Crippen LogP contribution in [-0.2, 0) is 0 Å². The highest BCUT2D eigenvalue weighted by atomic mass is 35.5. The van der Waals surface area contributed by atoms with Gasteiger partial charge in [-0.25, -0.2) is 0 Å². The molecule has 0 aromatic heterocycles. The van der Waals surface area contributed by atoms with Gasteiger partial charge in [-0.15, -0.1) is 0 Å². The second-order valence-corrected chi connectivity index (χ2v) is 5.58. The third kappa shape index (κ3) is 3.90. The van der Waals surface area contributed by atoms with Gasteiger partial charge >= 0.3 is 0 Å². The van der Waals surface area contributed by atoms with Gasteiger partial charge in [-0.05, 0) is 48.9 Å². The molecule has 0 aliphatic rings. The number of hydrogen-bond donors (Lipinski definition) is 1. The lowest BCUT2D eigenvalue weighted by atomic mass is 10.1. The molecule has 0 spiro atoms. The molecule has 3 nitrogen and oxygen atoms in total. The van der Waals surface area contributed by atoms with Gasteiger partial charge in [0.2, 0.25) is 0 Å². The van der Waals surface area contributed by atoms with E-state index in [1.54, 1.807) is 35.2 Å². The molecule has 5 heteroatoms. The Balaban J connectivity index is 2.37. The molecular weight excluding hydrogens is 307 g/mol. The summed E-state index contributed by atoms with van der Waals surface area (Å²) in [4.78, 5) is 14.4. The molecule has 0 atom stereocenters. The molecule has 2 rings (SSSR count). The van der Waals surface area contributed by atoms with Gasteiger partial charge in [0.1, 0.15) is 0 Å². The third-order valence-corrected chi connectivity index (χ3v) is 3.44. The molecule has 0 aliphatic carbocycles. The number of anilines is 2. The van der Waals surface area contributed by atoms with Crippen molar-refractivity contribution in [2.24, 2.45) is 0 Å². The molecule has 0 saturated heterocycles. The molecule has 2 aromatic carbocycles. The molecule has 110 valence electrons. The number of halogens is 2. The van der Waals surface area contributed by atoms with Crippen molar-refractivity contribution in [2.45, 2.75) is 13.3 Å². The van der Waals surface area contributed by atoms with Gasteiger partial charge < -0.3 is 10.6 Å². The normalized spacial score (nSPS) is 10.4. The van der Waals surface area contributed by atoms with Crippen molar-refractivity contribution in [1.29, 1.82) is 0 Å². The van der Waals surface area contributed by atoms with Crippen molar-refractivity contribution < 1.29 is 4.79 Å². The Morgan fingerprint density at radius 3 is 2.19 bits per heavy atom. The Hall–Kier alpha value is -1.71. The van der Waals surface area contributed by atoms with Crippen molar-refractivity contribution in [1.82, 2.24) is 0 Å². The minimum Gasteiger partial charge on any atom is -0.399 e. The van der Waals surface area contributed by atoms with Crippen molar-refractivity contribution >= 4 is 40.5 Å². The Morgan fingerprint density at radius 1 is 1.10 bits per heavy atom. The number of nitrogens with zero attached hydrogens (tertiary/aromatic N) is 1. The van der Waals surface area contributed by atoms with Crippen LogP contribution in [0.15, 0.2) is 42.5 Å². The predicted molar refractivity (Wildman–Crippen MR) is 89.3 cm³/mol. The summed E-state index contributed by atoms with van der Waals surface area (Å²) in [6.45, 7) is 2.62. The highest BCUT2D eigenvalue weighted by Crippen LogP contribution is 2.23. The zero-order valence-corrected chi connectivity index (χ0v) is 13.2. The van der Waals surface area contributed by atoms with E-state index < -0.39 is 0 Å². The number of rotatable bonds is 4. The summed E-state index contributed by atoms with van der Waals surface area (Å²) >= 11 is 11.9. The van der Waals surface area contributed by atoms with Crippen LogP contribution in [0.5, 0.6) is 0 Å². The lowest BCUT2D eigenvalue weighted by Gasteiger charge is -2.22. The van der Waals surface area contributed by atoms with Crippen molar-refractivity contribution in [3.63, 3.8) is 0 Å². The van der Waals surface area contributed by atoms with Crippen LogP contribution >= 0.6 is 23.2 Å². The molecule has 0 saturated carbocycles. The van der Waals surface area contributed by atoms with E-state index in [0.29, 0.717) is 27.8 Å². The van der Waals surface area contributed by atoms with Crippen LogP contribution in [0.25, 0.3) is 0 Å². The van der Waals surface area contributed by atoms with E-state index in [0.717, 1.165) is 12.1 Å². The Morgan fingerprint density at radius 2 is 1.67 bits per heavy atom. The number of amides is 1. The molecule has 0 unspecified atom stereocenters. The van der Waals surface area contributed by atoms with Gasteiger partial charge in [0.15, 0.2) is 0 Å². The summed E-state index contributed by atoms with van der Waals surface area (Å²) in [6, 6.07) is 12.1. The maximum absolute atomic E-state index is 12.7. The number of hydrogen-bond acceptors (Lipinski definition) is 2. The van der Waals surface area contributed by atoms with Crippen molar-refractivity contribution in [3.8, 4) is 0 Å². The minimum absolute atomic E-state index is 0.133. The van der Waals surface area contributed by atoms with Crippen LogP contribution in [0.3, 0.4) is 0 Å². The fourth-order valence-corrected chi connectivity index (χ4v) is 2.58. The maximum atomic E-state index is 12.7. The number of nitrogens with two attached hydrogens (primary N) is 1. The zero-order valence-electron chi connectivity index (χ0n) is 11.6. The van der Waals surface area contributed by atoms with Gasteiger partial charge in [-0.3, -0.25) is 4.79 Å². The first-order chi connectivity index (χ1) is 10.0. The second kappa shape index (κ2) is 6.83. The summed E-state index contributed by atoms with van der Waals surface area (Å²) in [6.07, 6.45) is 0.838. The molecule has 2 N–H and O–H groups in total. The minimum atomic E-state index is -0.133. The number of carbonyl (C=O) groups is 1.